The van der Waals surface area contributed by atoms with Crippen LogP contribution in [0.25, 0.3) is 0 Å². The normalized spacial score (nSPS) is 9.31. The average molecular weight is 238 g/mol. The summed E-state index contributed by atoms with van der Waals surface area (Å²) < 4.78 is 1.08. The Kier molecular flexibility index (Phi) is 3.85. The summed E-state index contributed by atoms with van der Waals surface area (Å²) in [5.41, 5.74) is 2.38. The van der Waals surface area contributed by atoms with E-state index >= 15 is 0 Å². The van der Waals surface area contributed by atoms with Crippen LogP contribution < -0.4 is 5.32 Å². The number of nitrogens with one attached hydrogen (secondary N) is 1. The molecule has 0 spiro atoms. The highest BCUT2D eigenvalue weighted by Gasteiger charge is 1.96. The fourth-order valence-corrected chi connectivity index (χ4v) is 1.42. The summed E-state index contributed by atoms with van der Waals surface area (Å²) in [6.45, 7) is 2.90. The Labute approximate surface area is 87.7 Å². The van der Waals surface area contributed by atoms with Crippen molar-refractivity contribution in [3.8, 4) is 12.3 Å². The maximum Gasteiger partial charge on any atom is 0.0381 e. The van der Waals surface area contributed by atoms with Crippen molar-refractivity contribution < 1.29 is 0 Å². The number of hydrogen-bond donors (Lipinski definition) is 1. The fraction of sp³-hybridized carbons (Fsp3) is 0.273. The lowest BCUT2D eigenvalue weighted by Gasteiger charge is -2.07. The smallest absolute Gasteiger partial charge is 0.0381 e. The highest BCUT2D eigenvalue weighted by molar-refractivity contribution is 9.10. The van der Waals surface area contributed by atoms with Gasteiger partial charge in [0.1, 0.15) is 0 Å². The van der Waals surface area contributed by atoms with Crippen molar-refractivity contribution in [1.82, 2.24) is 0 Å². The Bertz CT molecular complexity index is 325. The van der Waals surface area contributed by atoms with E-state index in [1.54, 1.807) is 0 Å². The van der Waals surface area contributed by atoms with E-state index < -0.39 is 0 Å². The monoisotopic (exact) mass is 237 g/mol. The van der Waals surface area contributed by atoms with Crippen molar-refractivity contribution in [2.75, 3.05) is 11.9 Å². The number of halogens is 1. The number of aryl methyl sites for hydroxylation is 1. The quantitative estimate of drug-likeness (QED) is 0.629. The summed E-state index contributed by atoms with van der Waals surface area (Å²) in [7, 11) is 0. The molecule has 0 fully saturated rings. The fourth-order valence-electron chi connectivity index (χ4n) is 1.05. The molecule has 0 aliphatic heterocycles. The van der Waals surface area contributed by atoms with E-state index in [1.807, 2.05) is 6.07 Å². The molecular formula is C11H12BrN. The molecule has 0 bridgehead atoms. The van der Waals surface area contributed by atoms with Crippen LogP contribution in [0, 0.1) is 19.3 Å². The van der Waals surface area contributed by atoms with Crippen LogP contribution in [-0.2, 0) is 0 Å². The van der Waals surface area contributed by atoms with Gasteiger partial charge in [-0.05, 0) is 24.6 Å². The van der Waals surface area contributed by atoms with E-state index in [2.05, 4.69) is 46.2 Å². The van der Waals surface area contributed by atoms with Gasteiger partial charge in [0.05, 0.1) is 0 Å². The van der Waals surface area contributed by atoms with E-state index in [4.69, 9.17) is 6.42 Å². The summed E-state index contributed by atoms with van der Waals surface area (Å²) in [5.74, 6) is 2.60. The van der Waals surface area contributed by atoms with Crippen LogP contribution in [0.15, 0.2) is 22.7 Å². The van der Waals surface area contributed by atoms with Gasteiger partial charge in [-0.15, -0.1) is 12.3 Å². The van der Waals surface area contributed by atoms with Gasteiger partial charge < -0.3 is 5.32 Å². The van der Waals surface area contributed by atoms with E-state index in [9.17, 15) is 0 Å². The minimum Gasteiger partial charge on any atom is -0.384 e. The minimum absolute atomic E-state index is 0.756. The number of anilines is 1. The molecule has 0 heterocycles. The largest absolute Gasteiger partial charge is 0.384 e. The lowest BCUT2D eigenvalue weighted by molar-refractivity contribution is 1.09. The summed E-state index contributed by atoms with van der Waals surface area (Å²) in [5, 5.41) is 3.28. The third-order valence-electron chi connectivity index (χ3n) is 1.78. The first kappa shape index (κ1) is 10.1. The second-order valence-electron chi connectivity index (χ2n) is 2.84. The van der Waals surface area contributed by atoms with Crippen LogP contribution in [0.1, 0.15) is 12.0 Å². The van der Waals surface area contributed by atoms with Crippen molar-refractivity contribution in [1.29, 1.82) is 0 Å². The molecule has 0 aromatic heterocycles. The molecule has 1 aromatic carbocycles. The molecule has 0 radical (unpaired) electrons. The van der Waals surface area contributed by atoms with E-state index in [-0.39, 0.29) is 0 Å². The van der Waals surface area contributed by atoms with Crippen molar-refractivity contribution in [3.05, 3.63) is 28.2 Å². The molecule has 0 saturated heterocycles. The lowest BCUT2D eigenvalue weighted by atomic mass is 10.2. The molecule has 0 unspecified atom stereocenters. The minimum atomic E-state index is 0.756. The molecule has 0 aliphatic carbocycles. The number of rotatable bonds is 3. The molecule has 1 nitrogen and oxygen atoms in total. The van der Waals surface area contributed by atoms with Gasteiger partial charge in [0.25, 0.3) is 0 Å². The number of terminal acetylenes is 1. The molecule has 13 heavy (non-hydrogen) atoms. The van der Waals surface area contributed by atoms with Crippen LogP contribution in [-0.4, -0.2) is 6.54 Å². The Balaban J connectivity index is 2.65. The van der Waals surface area contributed by atoms with Gasteiger partial charge in [-0.2, -0.15) is 0 Å². The lowest BCUT2D eigenvalue weighted by Crippen LogP contribution is -2.01. The Morgan fingerprint density at radius 2 is 2.31 bits per heavy atom. The molecule has 1 N–H and O–H groups in total. The van der Waals surface area contributed by atoms with Gasteiger partial charge in [0.2, 0.25) is 0 Å². The SMILES string of the molecule is C#CCCNc1cc(Br)ccc1C. The summed E-state index contributed by atoms with van der Waals surface area (Å²) >= 11 is 3.42. The molecule has 0 saturated carbocycles. The number of benzene rings is 1. The molecule has 68 valence electrons. The van der Waals surface area contributed by atoms with Crippen LogP contribution in [0.2, 0.25) is 0 Å². The third kappa shape index (κ3) is 3.12. The topological polar surface area (TPSA) is 12.0 Å². The standard InChI is InChI=1S/C11H12BrN/c1-3-4-7-13-11-8-10(12)6-5-9(11)2/h1,5-6,8,13H,4,7H2,2H3. The van der Waals surface area contributed by atoms with Gasteiger partial charge in [0.15, 0.2) is 0 Å². The van der Waals surface area contributed by atoms with Crippen LogP contribution in [0.4, 0.5) is 5.69 Å². The first-order valence-corrected chi connectivity index (χ1v) is 4.97. The second-order valence-corrected chi connectivity index (χ2v) is 3.76. The Hall–Kier alpha value is -0.940. The van der Waals surface area contributed by atoms with E-state index in [0.717, 1.165) is 23.1 Å². The molecule has 2 heteroatoms. The highest BCUT2D eigenvalue weighted by atomic mass is 79.9. The molecule has 0 amide bonds. The zero-order chi connectivity index (χ0) is 9.68. The highest BCUT2D eigenvalue weighted by Crippen LogP contribution is 2.20. The van der Waals surface area contributed by atoms with Crippen LogP contribution in [0.3, 0.4) is 0 Å². The van der Waals surface area contributed by atoms with Crippen molar-refractivity contribution >= 4 is 21.6 Å². The van der Waals surface area contributed by atoms with Crippen molar-refractivity contribution in [3.63, 3.8) is 0 Å². The zero-order valence-corrected chi connectivity index (χ0v) is 9.19. The Morgan fingerprint density at radius 1 is 1.54 bits per heavy atom. The average Bonchev–Trinajstić information content (AvgIpc) is 2.11. The third-order valence-corrected chi connectivity index (χ3v) is 2.28. The van der Waals surface area contributed by atoms with Gasteiger partial charge in [-0.25, -0.2) is 0 Å². The first-order chi connectivity index (χ1) is 6.24. The van der Waals surface area contributed by atoms with Gasteiger partial charge in [0, 0.05) is 23.1 Å². The van der Waals surface area contributed by atoms with Crippen LogP contribution in [0.5, 0.6) is 0 Å². The van der Waals surface area contributed by atoms with Gasteiger partial charge >= 0.3 is 0 Å². The summed E-state index contributed by atoms with van der Waals surface area (Å²) in [6.07, 6.45) is 5.92. The number of hydrogen-bond acceptors (Lipinski definition) is 1. The van der Waals surface area contributed by atoms with Gasteiger partial charge in [-0.3, -0.25) is 0 Å². The molecular weight excluding hydrogens is 226 g/mol. The molecule has 1 rings (SSSR count). The zero-order valence-electron chi connectivity index (χ0n) is 7.60. The van der Waals surface area contributed by atoms with Gasteiger partial charge in [-0.1, -0.05) is 22.0 Å². The summed E-state index contributed by atoms with van der Waals surface area (Å²) in [6, 6.07) is 6.16. The molecule has 0 aliphatic rings. The maximum atomic E-state index is 5.16. The first-order valence-electron chi connectivity index (χ1n) is 4.17. The van der Waals surface area contributed by atoms with E-state index in [1.165, 1.54) is 5.56 Å². The molecule has 0 atom stereocenters. The predicted molar refractivity (Wildman–Crippen MR) is 60.8 cm³/mol. The predicted octanol–water partition coefficient (Wildman–Crippen LogP) is 3.19. The molecule has 1 aromatic rings. The second kappa shape index (κ2) is 4.94. The Morgan fingerprint density at radius 3 is 3.00 bits per heavy atom. The van der Waals surface area contributed by atoms with Crippen molar-refractivity contribution in [2.45, 2.75) is 13.3 Å². The van der Waals surface area contributed by atoms with Crippen molar-refractivity contribution in [2.24, 2.45) is 0 Å². The summed E-state index contributed by atoms with van der Waals surface area (Å²) in [4.78, 5) is 0. The maximum absolute atomic E-state index is 5.16. The van der Waals surface area contributed by atoms with Crippen LogP contribution >= 0.6 is 15.9 Å². The van der Waals surface area contributed by atoms with E-state index in [0.29, 0.717) is 0 Å².